The first-order chi connectivity index (χ1) is 14.0. The zero-order chi connectivity index (χ0) is 20.4. The first-order valence-electron chi connectivity index (χ1n) is 9.93. The maximum Gasteiger partial charge on any atom is 0.328 e. The van der Waals surface area contributed by atoms with Crippen LogP contribution in [-0.4, -0.2) is 34.1 Å². The molecule has 0 atom stereocenters. The third-order valence-corrected chi connectivity index (χ3v) is 5.80. The molecule has 3 aromatic rings. The summed E-state index contributed by atoms with van der Waals surface area (Å²) in [5.41, 5.74) is 3.44. The highest BCUT2D eigenvalue weighted by Gasteiger charge is 2.14. The zero-order valence-electron chi connectivity index (χ0n) is 16.5. The maximum atomic E-state index is 12.8. The van der Waals surface area contributed by atoms with Gasteiger partial charge in [0.1, 0.15) is 0 Å². The van der Waals surface area contributed by atoms with Gasteiger partial charge in [-0.3, -0.25) is 14.3 Å². The number of rotatable bonds is 5. The molecule has 1 aromatic heterocycles. The average Bonchev–Trinajstić information content (AvgIpc) is 2.71. The van der Waals surface area contributed by atoms with Crippen molar-refractivity contribution >= 4 is 28.1 Å². The summed E-state index contributed by atoms with van der Waals surface area (Å²) in [5.74, 6) is 0. The number of aromatic amines is 1. The first kappa shape index (κ1) is 19.7. The molecule has 29 heavy (non-hydrogen) atoms. The van der Waals surface area contributed by atoms with E-state index in [0.717, 1.165) is 43.1 Å². The SMILES string of the molecule is Cc1cccc2[nH]c(=O)n(CCCN3CC=C(c4cccc(Cl)c4)CC3)c(=O)c12. The molecule has 0 bridgehead atoms. The normalized spacial score (nSPS) is 14.9. The molecule has 1 N–H and O–H groups in total. The number of fused-ring (bicyclic) bond motifs is 1. The van der Waals surface area contributed by atoms with E-state index in [2.05, 4.69) is 22.0 Å². The van der Waals surface area contributed by atoms with Gasteiger partial charge >= 0.3 is 5.69 Å². The van der Waals surface area contributed by atoms with E-state index < -0.39 is 0 Å². The summed E-state index contributed by atoms with van der Waals surface area (Å²) < 4.78 is 1.33. The molecule has 1 aliphatic rings. The summed E-state index contributed by atoms with van der Waals surface area (Å²) in [5, 5.41) is 1.35. The van der Waals surface area contributed by atoms with Gasteiger partial charge < -0.3 is 4.98 Å². The van der Waals surface area contributed by atoms with Gasteiger partial charge in [-0.05, 0) is 54.7 Å². The van der Waals surface area contributed by atoms with Crippen LogP contribution in [0.25, 0.3) is 16.5 Å². The number of nitrogens with zero attached hydrogens (tertiary/aromatic N) is 2. The van der Waals surface area contributed by atoms with Crippen molar-refractivity contribution in [3.63, 3.8) is 0 Å². The highest BCUT2D eigenvalue weighted by molar-refractivity contribution is 6.30. The van der Waals surface area contributed by atoms with Crippen LogP contribution in [0, 0.1) is 6.92 Å². The van der Waals surface area contributed by atoms with Crippen molar-refractivity contribution in [3.8, 4) is 0 Å². The number of H-pyrrole nitrogens is 1. The molecule has 1 aliphatic heterocycles. The molecule has 2 heterocycles. The fourth-order valence-electron chi connectivity index (χ4n) is 3.99. The topological polar surface area (TPSA) is 58.1 Å². The number of halogens is 1. The second-order valence-corrected chi connectivity index (χ2v) is 7.96. The number of hydrogen-bond donors (Lipinski definition) is 1. The third-order valence-electron chi connectivity index (χ3n) is 5.56. The van der Waals surface area contributed by atoms with E-state index in [9.17, 15) is 9.59 Å². The smallest absolute Gasteiger partial charge is 0.307 e. The Bertz CT molecular complexity index is 1190. The number of hydrogen-bond acceptors (Lipinski definition) is 3. The molecule has 0 saturated heterocycles. The Labute approximate surface area is 174 Å². The van der Waals surface area contributed by atoms with Gasteiger partial charge in [-0.25, -0.2) is 4.79 Å². The van der Waals surface area contributed by atoms with Crippen LogP contribution in [-0.2, 0) is 6.54 Å². The minimum atomic E-state index is -0.338. The third kappa shape index (κ3) is 4.21. The number of nitrogens with one attached hydrogen (secondary N) is 1. The Balaban J connectivity index is 1.41. The number of aromatic nitrogens is 2. The zero-order valence-corrected chi connectivity index (χ0v) is 17.2. The Morgan fingerprint density at radius 2 is 1.93 bits per heavy atom. The summed E-state index contributed by atoms with van der Waals surface area (Å²) >= 11 is 6.10. The van der Waals surface area contributed by atoms with Crippen LogP contribution < -0.4 is 11.2 Å². The maximum absolute atomic E-state index is 12.8. The highest BCUT2D eigenvalue weighted by Crippen LogP contribution is 2.24. The first-order valence-corrected chi connectivity index (χ1v) is 10.3. The van der Waals surface area contributed by atoms with Crippen LogP contribution in [0.3, 0.4) is 0 Å². The Kier molecular flexibility index (Phi) is 5.69. The van der Waals surface area contributed by atoms with Gasteiger partial charge in [-0.1, -0.05) is 41.9 Å². The van der Waals surface area contributed by atoms with E-state index in [-0.39, 0.29) is 11.2 Å². The highest BCUT2D eigenvalue weighted by atomic mass is 35.5. The van der Waals surface area contributed by atoms with Crippen LogP contribution in [0.2, 0.25) is 5.02 Å². The molecule has 0 radical (unpaired) electrons. The summed E-state index contributed by atoms with van der Waals surface area (Å²) in [6, 6.07) is 13.5. The lowest BCUT2D eigenvalue weighted by Gasteiger charge is -2.26. The molecule has 0 amide bonds. The molecule has 2 aromatic carbocycles. The quantitative estimate of drug-likeness (QED) is 0.696. The van der Waals surface area contributed by atoms with Gasteiger partial charge in [-0.15, -0.1) is 0 Å². The van der Waals surface area contributed by atoms with E-state index in [0.29, 0.717) is 17.4 Å². The van der Waals surface area contributed by atoms with E-state index >= 15 is 0 Å². The minimum absolute atomic E-state index is 0.205. The van der Waals surface area contributed by atoms with Gasteiger partial charge in [0.15, 0.2) is 0 Å². The predicted molar refractivity (Wildman–Crippen MR) is 119 cm³/mol. The van der Waals surface area contributed by atoms with E-state index in [1.807, 2.05) is 37.3 Å². The van der Waals surface area contributed by atoms with Crippen molar-refractivity contribution < 1.29 is 0 Å². The Morgan fingerprint density at radius 3 is 2.69 bits per heavy atom. The summed E-state index contributed by atoms with van der Waals surface area (Å²) in [6.07, 6.45) is 3.96. The molecule has 150 valence electrons. The second-order valence-electron chi connectivity index (χ2n) is 7.53. The van der Waals surface area contributed by atoms with Gasteiger partial charge in [0.2, 0.25) is 0 Å². The Hall–Kier alpha value is -2.63. The molecular weight excluding hydrogens is 386 g/mol. The van der Waals surface area contributed by atoms with Crippen molar-refractivity contribution in [2.75, 3.05) is 19.6 Å². The van der Waals surface area contributed by atoms with Crippen LogP contribution in [0.5, 0.6) is 0 Å². The molecule has 5 nitrogen and oxygen atoms in total. The second kappa shape index (κ2) is 8.39. The number of aryl methyl sites for hydroxylation is 1. The molecule has 0 spiro atoms. The van der Waals surface area contributed by atoms with Gasteiger partial charge in [0, 0.05) is 31.2 Å². The standard InChI is InChI=1S/C23H24ClN3O2/c1-16-5-2-8-20-21(16)22(28)27(23(29)25-20)12-4-11-26-13-9-17(10-14-26)18-6-3-7-19(24)15-18/h2-3,5-9,15H,4,10-14H2,1H3,(H,25,29). The van der Waals surface area contributed by atoms with E-state index in [4.69, 9.17) is 11.6 Å². The van der Waals surface area contributed by atoms with Crippen molar-refractivity contribution in [2.45, 2.75) is 26.3 Å². The fraction of sp³-hybridized carbons (Fsp3) is 0.304. The average molecular weight is 410 g/mol. The van der Waals surface area contributed by atoms with Crippen LogP contribution in [0.15, 0.2) is 58.1 Å². The molecule has 0 unspecified atom stereocenters. The lowest BCUT2D eigenvalue weighted by Crippen LogP contribution is -2.37. The largest absolute Gasteiger partial charge is 0.328 e. The molecule has 0 fully saturated rings. The van der Waals surface area contributed by atoms with Crippen LogP contribution in [0.1, 0.15) is 24.0 Å². The fourth-order valence-corrected chi connectivity index (χ4v) is 4.18. The van der Waals surface area contributed by atoms with Crippen LogP contribution >= 0.6 is 11.6 Å². The van der Waals surface area contributed by atoms with Crippen molar-refractivity contribution in [3.05, 3.63) is 85.5 Å². The van der Waals surface area contributed by atoms with Crippen molar-refractivity contribution in [1.29, 1.82) is 0 Å². The monoisotopic (exact) mass is 409 g/mol. The summed E-state index contributed by atoms with van der Waals surface area (Å²) in [4.78, 5) is 30.3. The molecule has 0 saturated carbocycles. The lowest BCUT2D eigenvalue weighted by atomic mass is 9.99. The lowest BCUT2D eigenvalue weighted by molar-refractivity contribution is 0.290. The summed E-state index contributed by atoms with van der Waals surface area (Å²) in [7, 11) is 0. The number of benzene rings is 2. The van der Waals surface area contributed by atoms with Crippen LogP contribution in [0.4, 0.5) is 0 Å². The van der Waals surface area contributed by atoms with Crippen molar-refractivity contribution in [1.82, 2.24) is 14.5 Å². The van der Waals surface area contributed by atoms with Gasteiger partial charge in [0.05, 0.1) is 10.9 Å². The summed E-state index contributed by atoms with van der Waals surface area (Å²) in [6.45, 7) is 4.98. The predicted octanol–water partition coefficient (Wildman–Crippen LogP) is 3.83. The van der Waals surface area contributed by atoms with Crippen molar-refractivity contribution in [2.24, 2.45) is 0 Å². The van der Waals surface area contributed by atoms with Gasteiger partial charge in [0.25, 0.3) is 5.56 Å². The Morgan fingerprint density at radius 1 is 1.10 bits per heavy atom. The molecule has 4 rings (SSSR count). The van der Waals surface area contributed by atoms with E-state index in [1.165, 1.54) is 15.7 Å². The molecule has 6 heteroatoms. The molecule has 0 aliphatic carbocycles. The van der Waals surface area contributed by atoms with E-state index in [1.54, 1.807) is 6.07 Å². The van der Waals surface area contributed by atoms with Gasteiger partial charge in [-0.2, -0.15) is 0 Å². The molecular formula is C23H24ClN3O2. The minimum Gasteiger partial charge on any atom is -0.307 e.